The summed E-state index contributed by atoms with van der Waals surface area (Å²) < 4.78 is 25.2. The summed E-state index contributed by atoms with van der Waals surface area (Å²) in [5, 5.41) is -0.633. The Bertz CT molecular complexity index is 305. The van der Waals surface area contributed by atoms with Crippen molar-refractivity contribution in [1.82, 2.24) is 0 Å². The predicted octanol–water partition coefficient (Wildman–Crippen LogP) is 2.83. The Morgan fingerprint density at radius 1 is 1.62 bits per heavy atom. The molecule has 1 aliphatic rings. The van der Waals surface area contributed by atoms with Crippen molar-refractivity contribution in [1.29, 1.82) is 0 Å². The summed E-state index contributed by atoms with van der Waals surface area (Å²) in [7, 11) is 0. The number of rotatable bonds is 2. The summed E-state index contributed by atoms with van der Waals surface area (Å²) in [6, 6.07) is 0. The van der Waals surface area contributed by atoms with Crippen molar-refractivity contribution in [2.75, 3.05) is 0 Å². The Labute approximate surface area is 79.4 Å². The maximum atomic E-state index is 12.7. The van der Waals surface area contributed by atoms with Crippen molar-refractivity contribution in [2.24, 2.45) is 0 Å². The molecule has 0 spiro atoms. The third-order valence-corrected chi connectivity index (χ3v) is 1.73. The topological polar surface area (TPSA) is 17.1 Å². The molecule has 0 bridgehead atoms. The largest absolute Gasteiger partial charge is 0.276 e. The highest BCUT2D eigenvalue weighted by atomic mass is 35.5. The van der Waals surface area contributed by atoms with Crippen LogP contribution in [0.2, 0.25) is 0 Å². The molecule has 0 saturated heterocycles. The van der Waals surface area contributed by atoms with Crippen LogP contribution >= 0.6 is 11.6 Å². The Balaban J connectivity index is 2.69. The number of halogens is 3. The van der Waals surface area contributed by atoms with Crippen molar-refractivity contribution in [3.8, 4) is 0 Å². The fourth-order valence-electron chi connectivity index (χ4n) is 0.960. The molecule has 4 heteroatoms. The van der Waals surface area contributed by atoms with Crippen LogP contribution in [0.3, 0.4) is 0 Å². The minimum Gasteiger partial charge on any atom is -0.276 e. The summed E-state index contributed by atoms with van der Waals surface area (Å²) in [5.41, 5.74) is 0.544. The van der Waals surface area contributed by atoms with E-state index in [2.05, 4.69) is 0 Å². The lowest BCUT2D eigenvalue weighted by Gasteiger charge is -2.10. The van der Waals surface area contributed by atoms with Gasteiger partial charge in [0, 0.05) is 6.42 Å². The van der Waals surface area contributed by atoms with Gasteiger partial charge in [-0.2, -0.15) is 0 Å². The van der Waals surface area contributed by atoms with E-state index in [0.717, 1.165) is 12.2 Å². The van der Waals surface area contributed by atoms with Crippen LogP contribution in [-0.4, -0.2) is 11.4 Å². The fraction of sp³-hybridized carbons (Fsp3) is 0.222. The molecule has 1 atom stereocenters. The second-order valence-corrected chi connectivity index (χ2v) is 2.97. The van der Waals surface area contributed by atoms with Crippen LogP contribution in [0.25, 0.3) is 0 Å². The van der Waals surface area contributed by atoms with Gasteiger partial charge in [-0.1, -0.05) is 12.2 Å². The highest BCUT2D eigenvalue weighted by Gasteiger charge is 2.16. The Morgan fingerprint density at radius 3 is 2.85 bits per heavy atom. The van der Waals surface area contributed by atoms with E-state index < -0.39 is 17.2 Å². The quantitative estimate of drug-likeness (QED) is 0.499. The van der Waals surface area contributed by atoms with E-state index in [1.54, 1.807) is 0 Å². The summed E-state index contributed by atoms with van der Waals surface area (Å²) in [5.74, 6) is -0.783. The first-order valence-corrected chi connectivity index (χ1v) is 4.05. The van der Waals surface area contributed by atoms with Gasteiger partial charge in [0.05, 0.1) is 0 Å². The van der Waals surface area contributed by atoms with Crippen molar-refractivity contribution in [3.63, 3.8) is 0 Å². The summed E-state index contributed by atoms with van der Waals surface area (Å²) in [4.78, 5) is 10.3. The first kappa shape index (κ1) is 10.1. The second-order valence-electron chi connectivity index (χ2n) is 2.60. The molecule has 0 amide bonds. The van der Waals surface area contributed by atoms with E-state index in [4.69, 9.17) is 11.6 Å². The zero-order valence-corrected chi connectivity index (χ0v) is 7.39. The van der Waals surface area contributed by atoms with Crippen molar-refractivity contribution in [3.05, 3.63) is 35.7 Å². The molecule has 0 fully saturated rings. The molecule has 1 nitrogen and oxygen atoms in total. The lowest BCUT2D eigenvalue weighted by molar-refractivity contribution is -0.107. The Hall–Kier alpha value is -0.960. The van der Waals surface area contributed by atoms with Gasteiger partial charge in [-0.25, -0.2) is 8.78 Å². The van der Waals surface area contributed by atoms with Gasteiger partial charge in [0.1, 0.15) is 5.83 Å². The van der Waals surface area contributed by atoms with E-state index in [9.17, 15) is 13.6 Å². The lowest BCUT2D eigenvalue weighted by atomic mass is 10.0. The van der Waals surface area contributed by atoms with E-state index in [-0.39, 0.29) is 6.42 Å². The van der Waals surface area contributed by atoms with Gasteiger partial charge in [0.2, 0.25) is 5.24 Å². The number of allylic oxidation sites excluding steroid dienone is 6. The predicted molar refractivity (Wildman–Crippen MR) is 46.8 cm³/mol. The molecule has 1 rings (SSSR count). The number of carbonyl (C=O) groups is 1. The van der Waals surface area contributed by atoms with Crippen LogP contribution in [-0.2, 0) is 4.79 Å². The highest BCUT2D eigenvalue weighted by Crippen LogP contribution is 2.23. The van der Waals surface area contributed by atoms with Gasteiger partial charge in [-0.05, 0) is 29.3 Å². The maximum Gasteiger partial charge on any atom is 0.245 e. The number of hydrogen-bond acceptors (Lipinski definition) is 1. The normalized spacial score (nSPS) is 22.8. The van der Waals surface area contributed by atoms with Gasteiger partial charge in [0.15, 0.2) is 6.17 Å². The van der Waals surface area contributed by atoms with Crippen LogP contribution in [0.5, 0.6) is 0 Å². The van der Waals surface area contributed by atoms with Crippen LogP contribution in [0, 0.1) is 0 Å². The smallest absolute Gasteiger partial charge is 0.245 e. The monoisotopic (exact) mass is 204 g/mol. The third kappa shape index (κ3) is 3.11. The van der Waals surface area contributed by atoms with Gasteiger partial charge < -0.3 is 0 Å². The molecule has 0 aromatic carbocycles. The average molecular weight is 205 g/mol. The molecule has 0 aliphatic heterocycles. The minimum atomic E-state index is -1.60. The molecule has 1 aliphatic carbocycles. The van der Waals surface area contributed by atoms with Crippen LogP contribution in [0.15, 0.2) is 35.7 Å². The first-order chi connectivity index (χ1) is 6.09. The van der Waals surface area contributed by atoms with Crippen LogP contribution in [0.4, 0.5) is 8.78 Å². The molecular formula is C9H7ClF2O. The zero-order valence-electron chi connectivity index (χ0n) is 6.64. The van der Waals surface area contributed by atoms with Gasteiger partial charge in [0.25, 0.3) is 0 Å². The number of carbonyl (C=O) groups excluding carboxylic acids is 1. The molecule has 0 saturated carbocycles. The molecule has 0 heterocycles. The summed E-state index contributed by atoms with van der Waals surface area (Å²) >= 11 is 5.03. The zero-order chi connectivity index (χ0) is 9.84. The highest BCUT2D eigenvalue weighted by molar-refractivity contribution is 6.66. The van der Waals surface area contributed by atoms with E-state index in [1.807, 2.05) is 0 Å². The molecule has 0 aromatic heterocycles. The Kier molecular flexibility index (Phi) is 3.37. The first-order valence-electron chi connectivity index (χ1n) is 3.67. The maximum absolute atomic E-state index is 12.7. The minimum absolute atomic E-state index is 0.0526. The van der Waals surface area contributed by atoms with Crippen LogP contribution in [0.1, 0.15) is 6.42 Å². The molecule has 0 aromatic rings. The van der Waals surface area contributed by atoms with Crippen molar-refractivity contribution >= 4 is 16.8 Å². The van der Waals surface area contributed by atoms with Gasteiger partial charge in [-0.3, -0.25) is 4.79 Å². The number of hydrogen-bond donors (Lipinski definition) is 0. The lowest BCUT2D eigenvalue weighted by Crippen LogP contribution is -2.05. The fourth-order valence-corrected chi connectivity index (χ4v) is 1.02. The van der Waals surface area contributed by atoms with E-state index in [0.29, 0.717) is 5.57 Å². The third-order valence-electron chi connectivity index (χ3n) is 1.60. The summed E-state index contributed by atoms with van der Waals surface area (Å²) in [6.45, 7) is 0. The van der Waals surface area contributed by atoms with E-state index >= 15 is 0 Å². The summed E-state index contributed by atoms with van der Waals surface area (Å²) in [6.07, 6.45) is 3.30. The molecule has 0 N–H and O–H groups in total. The SMILES string of the molecule is O=C(Cl)/C=C/C1=CC=C(F)C(F)C1. The molecular weight excluding hydrogens is 198 g/mol. The molecule has 1 unspecified atom stereocenters. The standard InChI is InChI=1S/C9H7ClF2O/c10-9(13)4-2-6-1-3-7(11)8(12)5-6/h1-4,8H,5H2/b4-2+. The Morgan fingerprint density at radius 2 is 2.31 bits per heavy atom. The molecule has 13 heavy (non-hydrogen) atoms. The van der Waals surface area contributed by atoms with Crippen molar-refractivity contribution in [2.45, 2.75) is 12.6 Å². The molecule has 0 radical (unpaired) electrons. The van der Waals surface area contributed by atoms with Crippen molar-refractivity contribution < 1.29 is 13.6 Å². The van der Waals surface area contributed by atoms with E-state index in [1.165, 1.54) is 12.2 Å². The second kappa shape index (κ2) is 4.33. The van der Waals surface area contributed by atoms with Gasteiger partial charge >= 0.3 is 0 Å². The van der Waals surface area contributed by atoms with Crippen LogP contribution < -0.4 is 0 Å². The average Bonchev–Trinajstić information content (AvgIpc) is 2.07. The van der Waals surface area contributed by atoms with Gasteiger partial charge in [-0.15, -0.1) is 0 Å². The number of alkyl halides is 1. The molecule has 70 valence electrons.